The number of nitrogens with one attached hydrogen (secondary N) is 1. The topological polar surface area (TPSA) is 29.1 Å². The van der Waals surface area contributed by atoms with Crippen molar-refractivity contribution < 1.29 is 4.79 Å². The number of rotatable bonds is 2. The number of alkyl halides is 1. The molecule has 0 radical (unpaired) electrons. The van der Waals surface area contributed by atoms with Crippen LogP contribution in [-0.2, 0) is 4.79 Å². The van der Waals surface area contributed by atoms with Crippen LogP contribution in [0.3, 0.4) is 0 Å². The van der Waals surface area contributed by atoms with Crippen LogP contribution in [0.1, 0.15) is 40.8 Å². The van der Waals surface area contributed by atoms with Gasteiger partial charge in [0.05, 0.1) is 6.04 Å². The second kappa shape index (κ2) is 6.23. The van der Waals surface area contributed by atoms with Gasteiger partial charge in [-0.15, -0.1) is 11.6 Å². The highest BCUT2D eigenvalue weighted by atomic mass is 35.5. The van der Waals surface area contributed by atoms with Gasteiger partial charge in [-0.25, -0.2) is 0 Å². The Bertz CT molecular complexity index is 697. The predicted octanol–water partition coefficient (Wildman–Crippen LogP) is 4.26. The molecule has 1 N–H and O–H groups in total. The standard InChI is InChI=1S/C19H20ClNO/c1-12-7-3-5-9-14(12)16-11-17(22)18(20)19(21-16)15-10-6-4-8-13(15)2/h3-10,16,18-19,21H,11H2,1-2H3. The molecule has 22 heavy (non-hydrogen) atoms. The zero-order valence-corrected chi connectivity index (χ0v) is 13.6. The smallest absolute Gasteiger partial charge is 0.154 e. The van der Waals surface area contributed by atoms with Crippen LogP contribution in [0.15, 0.2) is 48.5 Å². The molecule has 2 aromatic carbocycles. The number of aryl methyl sites for hydroxylation is 2. The molecule has 0 spiro atoms. The summed E-state index contributed by atoms with van der Waals surface area (Å²) in [6, 6.07) is 16.2. The molecule has 1 heterocycles. The summed E-state index contributed by atoms with van der Waals surface area (Å²) < 4.78 is 0. The summed E-state index contributed by atoms with van der Waals surface area (Å²) in [6.07, 6.45) is 0.446. The van der Waals surface area contributed by atoms with Gasteiger partial charge in [-0.2, -0.15) is 0 Å². The highest BCUT2D eigenvalue weighted by Crippen LogP contribution is 2.35. The third kappa shape index (κ3) is 2.81. The number of halogens is 1. The zero-order chi connectivity index (χ0) is 15.7. The van der Waals surface area contributed by atoms with Crippen LogP contribution >= 0.6 is 11.6 Å². The van der Waals surface area contributed by atoms with Crippen LogP contribution in [0.4, 0.5) is 0 Å². The van der Waals surface area contributed by atoms with Gasteiger partial charge in [0.25, 0.3) is 0 Å². The summed E-state index contributed by atoms with van der Waals surface area (Å²) >= 11 is 6.42. The number of hydrogen-bond donors (Lipinski definition) is 1. The number of ketones is 1. The lowest BCUT2D eigenvalue weighted by Crippen LogP contribution is -2.43. The molecule has 0 amide bonds. The Balaban J connectivity index is 1.96. The van der Waals surface area contributed by atoms with E-state index < -0.39 is 5.38 Å². The number of Topliss-reactive ketones (excluding diaryl/α,β-unsaturated/α-hetero) is 1. The Kier molecular flexibility index (Phi) is 4.32. The quantitative estimate of drug-likeness (QED) is 0.840. The first-order chi connectivity index (χ1) is 10.6. The van der Waals surface area contributed by atoms with Crippen molar-refractivity contribution in [2.45, 2.75) is 37.7 Å². The van der Waals surface area contributed by atoms with Crippen molar-refractivity contribution in [3.05, 3.63) is 70.8 Å². The number of carbonyl (C=O) groups excluding carboxylic acids is 1. The fourth-order valence-electron chi connectivity index (χ4n) is 3.22. The number of hydrogen-bond acceptors (Lipinski definition) is 2. The number of carbonyl (C=O) groups is 1. The maximum Gasteiger partial charge on any atom is 0.154 e. The average Bonchev–Trinajstić information content (AvgIpc) is 2.51. The third-order valence-electron chi connectivity index (χ3n) is 4.47. The van der Waals surface area contributed by atoms with Crippen LogP contribution in [0.2, 0.25) is 0 Å². The van der Waals surface area contributed by atoms with Crippen molar-refractivity contribution in [1.29, 1.82) is 0 Å². The van der Waals surface area contributed by atoms with Crippen molar-refractivity contribution in [2.24, 2.45) is 0 Å². The second-order valence-corrected chi connectivity index (χ2v) is 6.45. The summed E-state index contributed by atoms with van der Waals surface area (Å²) in [4.78, 5) is 12.4. The summed E-state index contributed by atoms with van der Waals surface area (Å²) in [5, 5.41) is 3.08. The van der Waals surface area contributed by atoms with E-state index in [1.54, 1.807) is 0 Å². The van der Waals surface area contributed by atoms with E-state index in [1.807, 2.05) is 24.3 Å². The molecule has 114 valence electrons. The van der Waals surface area contributed by atoms with E-state index in [2.05, 4.69) is 43.4 Å². The molecule has 0 saturated carbocycles. The molecule has 3 unspecified atom stereocenters. The van der Waals surface area contributed by atoms with Gasteiger partial charge in [0.15, 0.2) is 5.78 Å². The fraction of sp³-hybridized carbons (Fsp3) is 0.316. The molecule has 3 atom stereocenters. The molecule has 3 rings (SSSR count). The van der Waals surface area contributed by atoms with E-state index in [-0.39, 0.29) is 17.9 Å². The third-order valence-corrected chi connectivity index (χ3v) is 4.97. The van der Waals surface area contributed by atoms with Crippen molar-refractivity contribution in [3.8, 4) is 0 Å². The van der Waals surface area contributed by atoms with E-state index >= 15 is 0 Å². The molecule has 3 heteroatoms. The molecule has 0 aliphatic carbocycles. The number of piperidine rings is 1. The SMILES string of the molecule is Cc1ccccc1C1CC(=O)C(Cl)C(c2ccccc2C)N1. The lowest BCUT2D eigenvalue weighted by molar-refractivity contribution is -0.121. The molecule has 0 bridgehead atoms. The summed E-state index contributed by atoms with van der Waals surface area (Å²) in [7, 11) is 0. The summed E-state index contributed by atoms with van der Waals surface area (Å²) in [6.45, 7) is 4.14. The minimum atomic E-state index is -0.513. The largest absolute Gasteiger partial charge is 0.301 e. The molecule has 0 aromatic heterocycles. The van der Waals surface area contributed by atoms with E-state index in [1.165, 1.54) is 11.1 Å². The maximum absolute atomic E-state index is 12.4. The molecule has 2 nitrogen and oxygen atoms in total. The first kappa shape index (κ1) is 15.3. The minimum absolute atomic E-state index is 0.0216. The van der Waals surface area contributed by atoms with Gasteiger partial charge in [-0.1, -0.05) is 48.5 Å². The monoisotopic (exact) mass is 313 g/mol. The van der Waals surface area contributed by atoms with Crippen molar-refractivity contribution in [1.82, 2.24) is 5.32 Å². The minimum Gasteiger partial charge on any atom is -0.301 e. The van der Waals surface area contributed by atoms with Gasteiger partial charge in [0.2, 0.25) is 0 Å². The van der Waals surface area contributed by atoms with Crippen LogP contribution in [0, 0.1) is 13.8 Å². The van der Waals surface area contributed by atoms with Crippen molar-refractivity contribution in [2.75, 3.05) is 0 Å². The Morgan fingerprint density at radius 2 is 1.50 bits per heavy atom. The van der Waals surface area contributed by atoms with E-state index in [0.717, 1.165) is 11.1 Å². The van der Waals surface area contributed by atoms with Crippen molar-refractivity contribution in [3.63, 3.8) is 0 Å². The Hall–Kier alpha value is -1.64. The Morgan fingerprint density at radius 1 is 0.955 bits per heavy atom. The molecule has 1 fully saturated rings. The van der Waals surface area contributed by atoms with E-state index in [0.29, 0.717) is 6.42 Å². The summed E-state index contributed by atoms with van der Waals surface area (Å²) in [5.41, 5.74) is 4.64. The lowest BCUT2D eigenvalue weighted by Gasteiger charge is -2.35. The Morgan fingerprint density at radius 3 is 2.09 bits per heavy atom. The molecule has 1 saturated heterocycles. The van der Waals surface area contributed by atoms with Gasteiger partial charge < -0.3 is 5.32 Å². The Labute approximate surface area is 136 Å². The fourth-order valence-corrected chi connectivity index (χ4v) is 3.52. The van der Waals surface area contributed by atoms with Crippen LogP contribution in [0.25, 0.3) is 0 Å². The van der Waals surface area contributed by atoms with Crippen LogP contribution in [0.5, 0.6) is 0 Å². The second-order valence-electron chi connectivity index (χ2n) is 5.98. The molecular formula is C19H20ClNO. The molecule has 1 aliphatic rings. The average molecular weight is 314 g/mol. The highest BCUT2D eigenvalue weighted by molar-refractivity contribution is 6.32. The van der Waals surface area contributed by atoms with Gasteiger partial charge in [-0.3, -0.25) is 4.79 Å². The van der Waals surface area contributed by atoms with Gasteiger partial charge in [-0.05, 0) is 36.1 Å². The van der Waals surface area contributed by atoms with Gasteiger partial charge >= 0.3 is 0 Å². The first-order valence-corrected chi connectivity index (χ1v) is 8.05. The molecule has 2 aromatic rings. The summed E-state index contributed by atoms with van der Waals surface area (Å²) in [5.74, 6) is 0.113. The van der Waals surface area contributed by atoms with Crippen LogP contribution in [-0.4, -0.2) is 11.2 Å². The van der Waals surface area contributed by atoms with Crippen molar-refractivity contribution >= 4 is 17.4 Å². The molecule has 1 aliphatic heterocycles. The maximum atomic E-state index is 12.4. The molecular weight excluding hydrogens is 294 g/mol. The van der Waals surface area contributed by atoms with E-state index in [4.69, 9.17) is 11.6 Å². The number of benzene rings is 2. The highest BCUT2D eigenvalue weighted by Gasteiger charge is 2.37. The lowest BCUT2D eigenvalue weighted by atomic mass is 9.86. The van der Waals surface area contributed by atoms with Gasteiger partial charge in [0, 0.05) is 12.5 Å². The van der Waals surface area contributed by atoms with Crippen LogP contribution < -0.4 is 5.32 Å². The van der Waals surface area contributed by atoms with E-state index in [9.17, 15) is 4.79 Å². The van der Waals surface area contributed by atoms with Gasteiger partial charge in [0.1, 0.15) is 5.38 Å². The normalized spacial score (nSPS) is 25.2. The predicted molar refractivity (Wildman–Crippen MR) is 90.2 cm³/mol. The first-order valence-electron chi connectivity index (χ1n) is 7.62. The zero-order valence-electron chi connectivity index (χ0n) is 12.8.